The summed E-state index contributed by atoms with van der Waals surface area (Å²) in [4.78, 5) is 11.0. The molecule has 108 valence electrons. The fourth-order valence-electron chi connectivity index (χ4n) is 2.41. The Bertz CT molecular complexity index is 201. The Labute approximate surface area is 113 Å². The summed E-state index contributed by atoms with van der Waals surface area (Å²) in [5, 5.41) is 0. The van der Waals surface area contributed by atoms with Crippen molar-refractivity contribution in [2.75, 3.05) is 7.11 Å². The molecule has 2 atom stereocenters. The first-order valence-corrected chi connectivity index (χ1v) is 7.70. The minimum absolute atomic E-state index is 0.0729. The Morgan fingerprint density at radius 2 is 1.72 bits per heavy atom. The van der Waals surface area contributed by atoms with E-state index in [-0.39, 0.29) is 5.97 Å². The van der Waals surface area contributed by atoms with Crippen molar-refractivity contribution in [3.63, 3.8) is 0 Å². The zero-order chi connectivity index (χ0) is 13.8. The van der Waals surface area contributed by atoms with Crippen molar-refractivity contribution in [1.82, 2.24) is 0 Å². The van der Waals surface area contributed by atoms with Crippen molar-refractivity contribution in [3.8, 4) is 0 Å². The highest BCUT2D eigenvalue weighted by Gasteiger charge is 2.09. The van der Waals surface area contributed by atoms with E-state index in [9.17, 15) is 4.79 Å². The second-order valence-corrected chi connectivity index (χ2v) is 5.57. The van der Waals surface area contributed by atoms with Crippen LogP contribution < -0.4 is 0 Å². The number of carbonyl (C=O) groups excluding carboxylic acids is 1. The molecule has 2 unspecified atom stereocenters. The summed E-state index contributed by atoms with van der Waals surface area (Å²) in [5.74, 6) is 1.49. The molecule has 0 spiro atoms. The molecule has 0 aromatic heterocycles. The third-order valence-electron chi connectivity index (χ3n) is 3.92. The summed E-state index contributed by atoms with van der Waals surface area (Å²) in [6.07, 6.45) is 10.9. The Morgan fingerprint density at radius 3 is 2.28 bits per heavy atom. The van der Waals surface area contributed by atoms with Crippen LogP contribution in [-0.2, 0) is 9.53 Å². The number of hydrogen-bond acceptors (Lipinski definition) is 2. The van der Waals surface area contributed by atoms with Gasteiger partial charge in [0.15, 0.2) is 0 Å². The molecule has 0 N–H and O–H groups in total. The maximum Gasteiger partial charge on any atom is 0.305 e. The Kier molecular flexibility index (Phi) is 11.2. The van der Waals surface area contributed by atoms with Gasteiger partial charge in [-0.3, -0.25) is 4.79 Å². The molecule has 0 fully saturated rings. The number of ether oxygens (including phenoxy) is 1. The number of hydrogen-bond donors (Lipinski definition) is 0. The van der Waals surface area contributed by atoms with Gasteiger partial charge in [-0.25, -0.2) is 0 Å². The van der Waals surface area contributed by atoms with E-state index in [1.807, 2.05) is 0 Å². The van der Waals surface area contributed by atoms with Crippen molar-refractivity contribution in [2.45, 2.75) is 78.6 Å². The molecule has 0 bridgehead atoms. The third-order valence-corrected chi connectivity index (χ3v) is 3.92. The van der Waals surface area contributed by atoms with Crippen molar-refractivity contribution >= 4 is 5.97 Å². The molecular formula is C16H32O2. The van der Waals surface area contributed by atoms with Gasteiger partial charge in [0.05, 0.1) is 7.11 Å². The second kappa shape index (κ2) is 11.6. The van der Waals surface area contributed by atoms with Crippen LogP contribution >= 0.6 is 0 Å². The highest BCUT2D eigenvalue weighted by molar-refractivity contribution is 5.69. The zero-order valence-electron chi connectivity index (χ0n) is 12.8. The minimum Gasteiger partial charge on any atom is -0.469 e. The number of unbranched alkanes of at least 4 members (excludes halogenated alkanes) is 1. The minimum atomic E-state index is -0.0729. The average molecular weight is 256 g/mol. The normalized spacial score (nSPS) is 14.2. The molecule has 0 rings (SSSR count). The van der Waals surface area contributed by atoms with Crippen LogP contribution in [0.1, 0.15) is 78.6 Å². The highest BCUT2D eigenvalue weighted by atomic mass is 16.5. The van der Waals surface area contributed by atoms with E-state index in [0.717, 1.165) is 12.3 Å². The quantitative estimate of drug-likeness (QED) is 0.488. The summed E-state index contributed by atoms with van der Waals surface area (Å²) in [6.45, 7) is 6.82. The van der Waals surface area contributed by atoms with Gasteiger partial charge in [0.1, 0.15) is 0 Å². The molecule has 18 heavy (non-hydrogen) atoms. The summed E-state index contributed by atoms with van der Waals surface area (Å²) in [6, 6.07) is 0. The van der Waals surface area contributed by atoms with Crippen LogP contribution in [0.25, 0.3) is 0 Å². The molecule has 0 aliphatic carbocycles. The Hall–Kier alpha value is -0.530. The summed E-state index contributed by atoms with van der Waals surface area (Å²) >= 11 is 0. The van der Waals surface area contributed by atoms with Crippen molar-refractivity contribution in [1.29, 1.82) is 0 Å². The van der Waals surface area contributed by atoms with Crippen LogP contribution in [0.4, 0.5) is 0 Å². The van der Waals surface area contributed by atoms with Crippen molar-refractivity contribution in [2.24, 2.45) is 11.8 Å². The first-order valence-electron chi connectivity index (χ1n) is 7.70. The van der Waals surface area contributed by atoms with E-state index in [4.69, 9.17) is 0 Å². The predicted octanol–water partition coefficient (Wildman–Crippen LogP) is 4.96. The third kappa shape index (κ3) is 9.49. The fraction of sp³-hybridized carbons (Fsp3) is 0.938. The SMILES string of the molecule is CCCCC(CC)CCCC(C)CCC(=O)OC. The van der Waals surface area contributed by atoms with Gasteiger partial charge in [-0.2, -0.15) is 0 Å². The number of rotatable bonds is 11. The van der Waals surface area contributed by atoms with Gasteiger partial charge in [0.2, 0.25) is 0 Å². The average Bonchev–Trinajstić information content (AvgIpc) is 2.39. The van der Waals surface area contributed by atoms with Crippen LogP contribution in [0.3, 0.4) is 0 Å². The van der Waals surface area contributed by atoms with Crippen molar-refractivity contribution < 1.29 is 9.53 Å². The second-order valence-electron chi connectivity index (χ2n) is 5.57. The molecule has 0 radical (unpaired) electrons. The Morgan fingerprint density at radius 1 is 1.06 bits per heavy atom. The summed E-state index contributed by atoms with van der Waals surface area (Å²) in [7, 11) is 1.46. The van der Waals surface area contributed by atoms with Crippen LogP contribution in [0.5, 0.6) is 0 Å². The van der Waals surface area contributed by atoms with Gasteiger partial charge in [-0.05, 0) is 18.3 Å². The van der Waals surface area contributed by atoms with Gasteiger partial charge in [0, 0.05) is 6.42 Å². The molecule has 0 saturated carbocycles. The van der Waals surface area contributed by atoms with Gasteiger partial charge >= 0.3 is 5.97 Å². The lowest BCUT2D eigenvalue weighted by atomic mass is 9.90. The first kappa shape index (κ1) is 17.5. The molecular weight excluding hydrogens is 224 g/mol. The number of esters is 1. The van der Waals surface area contributed by atoms with E-state index in [2.05, 4.69) is 25.5 Å². The van der Waals surface area contributed by atoms with Crippen LogP contribution in [0, 0.1) is 11.8 Å². The van der Waals surface area contributed by atoms with Crippen LogP contribution in [-0.4, -0.2) is 13.1 Å². The standard InChI is InChI=1S/C16H32O2/c1-5-7-10-15(6-2)11-8-9-14(3)12-13-16(17)18-4/h14-15H,5-13H2,1-4H3. The topological polar surface area (TPSA) is 26.3 Å². The maximum atomic E-state index is 11.0. The lowest BCUT2D eigenvalue weighted by Crippen LogP contribution is -2.05. The van der Waals surface area contributed by atoms with Gasteiger partial charge in [-0.1, -0.05) is 65.7 Å². The van der Waals surface area contributed by atoms with Crippen LogP contribution in [0.15, 0.2) is 0 Å². The molecule has 2 heteroatoms. The number of methoxy groups -OCH3 is 1. The predicted molar refractivity (Wildman–Crippen MR) is 77.6 cm³/mol. The van der Waals surface area contributed by atoms with E-state index >= 15 is 0 Å². The van der Waals surface area contributed by atoms with Crippen LogP contribution in [0.2, 0.25) is 0 Å². The van der Waals surface area contributed by atoms with E-state index in [1.165, 1.54) is 52.1 Å². The van der Waals surface area contributed by atoms with Crippen molar-refractivity contribution in [3.05, 3.63) is 0 Å². The van der Waals surface area contributed by atoms with E-state index in [0.29, 0.717) is 12.3 Å². The smallest absolute Gasteiger partial charge is 0.305 e. The highest BCUT2D eigenvalue weighted by Crippen LogP contribution is 2.22. The first-order chi connectivity index (χ1) is 8.63. The largest absolute Gasteiger partial charge is 0.469 e. The zero-order valence-corrected chi connectivity index (χ0v) is 12.8. The fourth-order valence-corrected chi connectivity index (χ4v) is 2.41. The number of carbonyl (C=O) groups is 1. The molecule has 0 heterocycles. The monoisotopic (exact) mass is 256 g/mol. The van der Waals surface area contributed by atoms with Gasteiger partial charge in [0.25, 0.3) is 0 Å². The molecule has 0 aliphatic heterocycles. The van der Waals surface area contributed by atoms with E-state index in [1.54, 1.807) is 0 Å². The Balaban J connectivity index is 3.58. The van der Waals surface area contributed by atoms with Gasteiger partial charge < -0.3 is 4.74 Å². The molecule has 0 aliphatic rings. The summed E-state index contributed by atoms with van der Waals surface area (Å²) < 4.78 is 4.67. The molecule has 0 amide bonds. The van der Waals surface area contributed by atoms with E-state index < -0.39 is 0 Å². The lowest BCUT2D eigenvalue weighted by molar-refractivity contribution is -0.140. The maximum absolute atomic E-state index is 11.0. The molecule has 2 nitrogen and oxygen atoms in total. The van der Waals surface area contributed by atoms with Gasteiger partial charge in [-0.15, -0.1) is 0 Å². The molecule has 0 aromatic carbocycles. The molecule has 0 saturated heterocycles. The molecule has 0 aromatic rings. The lowest BCUT2D eigenvalue weighted by Gasteiger charge is -2.16. The summed E-state index contributed by atoms with van der Waals surface area (Å²) in [5.41, 5.74) is 0.